The lowest BCUT2D eigenvalue weighted by Crippen LogP contribution is -2.39. The van der Waals surface area contributed by atoms with Crippen LogP contribution < -0.4 is 4.57 Å². The Bertz CT molecular complexity index is 2550. The molecular weight excluding hydrogens is 760 g/mol. The largest absolute Gasteiger partial charge is 0.360 e. The van der Waals surface area contributed by atoms with Crippen molar-refractivity contribution in [3.63, 3.8) is 0 Å². The standard InChI is InChI=1S/C55H51Cl2N2/c1-38-14-22-42(23-15-38)52-34-48(46-10-8-12-50(56)32-46)35-53(43-24-16-39(2)17-25-43)58(52)30-6-5-7-31-59-54(44-26-18-40(3)19-27-44)36-49(47-11-9-13-51(57)33-47)37-55(59)45-28-20-41(4)21-29-45/h8-29,32-37,52H,5-7,30-31H2,1-4H3/q+1. The molecule has 0 bridgehead atoms. The number of pyridine rings is 1. The quantitative estimate of drug-likeness (QED) is 0.0881. The van der Waals surface area contributed by atoms with Crippen molar-refractivity contribution in [2.75, 3.05) is 6.54 Å². The van der Waals surface area contributed by atoms with Crippen LogP contribution in [0.3, 0.4) is 0 Å². The van der Waals surface area contributed by atoms with E-state index in [1.807, 2.05) is 24.3 Å². The third kappa shape index (κ3) is 9.47. The first-order valence-electron chi connectivity index (χ1n) is 20.8. The summed E-state index contributed by atoms with van der Waals surface area (Å²) in [6.07, 6.45) is 7.95. The molecule has 8 rings (SSSR count). The predicted octanol–water partition coefficient (Wildman–Crippen LogP) is 14.9. The first-order valence-corrected chi connectivity index (χ1v) is 21.5. The molecule has 0 saturated heterocycles. The fraction of sp³-hybridized carbons (Fsp3) is 0.182. The zero-order chi connectivity index (χ0) is 40.9. The van der Waals surface area contributed by atoms with E-state index in [0.29, 0.717) is 0 Å². The van der Waals surface area contributed by atoms with Crippen LogP contribution in [0.4, 0.5) is 0 Å². The van der Waals surface area contributed by atoms with Crippen molar-refractivity contribution in [1.82, 2.24) is 4.90 Å². The number of allylic oxidation sites excluding steroid dienone is 2. The van der Waals surface area contributed by atoms with Gasteiger partial charge in [0.2, 0.25) is 11.4 Å². The van der Waals surface area contributed by atoms with Gasteiger partial charge < -0.3 is 4.90 Å². The number of hydrogen-bond acceptors (Lipinski definition) is 1. The van der Waals surface area contributed by atoms with Gasteiger partial charge in [-0.05, 0) is 135 Å². The SMILES string of the molecule is Cc1ccc(C2=CC(c3cccc(Cl)c3)=CC(c3ccc(C)cc3)N2CCCCC[n+]2c(-c3ccc(C)cc3)cc(-c3cccc(Cl)c3)cc2-c2ccc(C)cc2)cc1. The number of aromatic nitrogens is 1. The number of halogens is 2. The van der Waals surface area contributed by atoms with Gasteiger partial charge in [0.05, 0.1) is 6.04 Å². The summed E-state index contributed by atoms with van der Waals surface area (Å²) in [6.45, 7) is 10.4. The van der Waals surface area contributed by atoms with E-state index in [4.69, 9.17) is 23.2 Å². The van der Waals surface area contributed by atoms with Crippen LogP contribution in [-0.2, 0) is 6.54 Å². The molecule has 0 N–H and O–H groups in total. The van der Waals surface area contributed by atoms with Gasteiger partial charge in [-0.15, -0.1) is 0 Å². The number of aryl methyl sites for hydroxylation is 4. The maximum atomic E-state index is 6.55. The predicted molar refractivity (Wildman–Crippen MR) is 250 cm³/mol. The summed E-state index contributed by atoms with van der Waals surface area (Å²) in [7, 11) is 0. The molecule has 1 atom stereocenters. The summed E-state index contributed by atoms with van der Waals surface area (Å²) in [5.74, 6) is 0. The minimum absolute atomic E-state index is 0.0700. The topological polar surface area (TPSA) is 7.12 Å². The van der Waals surface area contributed by atoms with E-state index < -0.39 is 0 Å². The van der Waals surface area contributed by atoms with Crippen molar-refractivity contribution < 1.29 is 4.57 Å². The van der Waals surface area contributed by atoms with E-state index in [1.165, 1.54) is 67.2 Å². The van der Waals surface area contributed by atoms with Crippen LogP contribution in [0.25, 0.3) is 44.9 Å². The number of hydrogen-bond donors (Lipinski definition) is 0. The van der Waals surface area contributed by atoms with Gasteiger partial charge >= 0.3 is 0 Å². The third-order valence-corrected chi connectivity index (χ3v) is 12.0. The lowest BCUT2D eigenvalue weighted by molar-refractivity contribution is -0.675. The molecule has 0 spiro atoms. The van der Waals surface area contributed by atoms with Crippen molar-refractivity contribution in [2.45, 2.75) is 59.5 Å². The van der Waals surface area contributed by atoms with Crippen molar-refractivity contribution in [1.29, 1.82) is 0 Å². The molecule has 2 heterocycles. The number of unbranched alkanes of at least 4 members (excludes halogenated alkanes) is 2. The highest BCUT2D eigenvalue weighted by Gasteiger charge is 2.27. The zero-order valence-electron chi connectivity index (χ0n) is 34.4. The molecule has 0 aliphatic carbocycles. The summed E-state index contributed by atoms with van der Waals surface area (Å²) >= 11 is 13.1. The highest BCUT2D eigenvalue weighted by Crippen LogP contribution is 2.40. The second-order valence-corrected chi connectivity index (χ2v) is 16.9. The van der Waals surface area contributed by atoms with E-state index in [9.17, 15) is 0 Å². The molecule has 1 aliphatic rings. The lowest BCUT2D eigenvalue weighted by atomic mass is 9.90. The maximum absolute atomic E-state index is 6.55. The van der Waals surface area contributed by atoms with E-state index >= 15 is 0 Å². The molecule has 2 nitrogen and oxygen atoms in total. The molecule has 1 unspecified atom stereocenters. The second kappa shape index (κ2) is 18.1. The summed E-state index contributed by atoms with van der Waals surface area (Å²) in [5, 5.41) is 1.49. The summed E-state index contributed by atoms with van der Waals surface area (Å²) < 4.78 is 2.54. The molecule has 0 amide bonds. The Labute approximate surface area is 360 Å². The summed E-state index contributed by atoms with van der Waals surface area (Å²) in [4.78, 5) is 2.62. The molecule has 0 saturated carbocycles. The Morgan fingerprint density at radius 2 is 0.966 bits per heavy atom. The van der Waals surface area contributed by atoms with Gasteiger partial charge in [0.15, 0.2) is 0 Å². The highest BCUT2D eigenvalue weighted by molar-refractivity contribution is 6.31. The molecule has 0 fully saturated rings. The van der Waals surface area contributed by atoms with Crippen molar-refractivity contribution in [2.24, 2.45) is 0 Å². The average molecular weight is 811 g/mol. The molecule has 1 aliphatic heterocycles. The van der Waals surface area contributed by atoms with Crippen LogP contribution in [-0.4, -0.2) is 11.4 Å². The van der Waals surface area contributed by atoms with Gasteiger partial charge in [-0.1, -0.05) is 143 Å². The van der Waals surface area contributed by atoms with Crippen molar-refractivity contribution >= 4 is 34.5 Å². The van der Waals surface area contributed by atoms with Crippen LogP contribution in [0, 0.1) is 27.7 Å². The summed E-state index contributed by atoms with van der Waals surface area (Å²) in [5.41, 5.74) is 18.2. The molecule has 294 valence electrons. The first-order chi connectivity index (χ1) is 28.7. The zero-order valence-corrected chi connectivity index (χ0v) is 35.9. The monoisotopic (exact) mass is 809 g/mol. The smallest absolute Gasteiger partial charge is 0.213 e. The lowest BCUT2D eigenvalue weighted by Gasteiger charge is -2.38. The Morgan fingerprint density at radius 1 is 0.475 bits per heavy atom. The van der Waals surface area contributed by atoms with E-state index in [1.54, 1.807) is 0 Å². The average Bonchev–Trinajstić information content (AvgIpc) is 3.24. The van der Waals surface area contributed by atoms with Crippen molar-refractivity contribution in [3.05, 3.63) is 219 Å². The molecule has 0 radical (unpaired) electrons. The van der Waals surface area contributed by atoms with Crippen LogP contribution in [0.1, 0.15) is 64.2 Å². The fourth-order valence-corrected chi connectivity index (χ4v) is 8.54. The Morgan fingerprint density at radius 3 is 1.51 bits per heavy atom. The van der Waals surface area contributed by atoms with Gasteiger partial charge in [-0.25, -0.2) is 0 Å². The molecule has 4 heteroatoms. The van der Waals surface area contributed by atoms with Gasteiger partial charge in [-0.2, -0.15) is 4.57 Å². The minimum Gasteiger partial charge on any atom is -0.360 e. The van der Waals surface area contributed by atoms with E-state index in [0.717, 1.165) is 59.1 Å². The Hall–Kier alpha value is -5.67. The summed E-state index contributed by atoms with van der Waals surface area (Å²) in [6, 6.07) is 57.1. The minimum atomic E-state index is 0.0700. The third-order valence-electron chi connectivity index (χ3n) is 11.5. The second-order valence-electron chi connectivity index (χ2n) is 16.0. The number of rotatable bonds is 12. The van der Waals surface area contributed by atoms with Gasteiger partial charge in [-0.3, -0.25) is 0 Å². The van der Waals surface area contributed by atoms with Crippen LogP contribution in [0.2, 0.25) is 10.0 Å². The Balaban J connectivity index is 1.12. The van der Waals surface area contributed by atoms with Crippen LogP contribution >= 0.6 is 23.2 Å². The molecule has 6 aromatic carbocycles. The normalized spacial score (nSPS) is 13.9. The number of nitrogens with zero attached hydrogens (tertiary/aromatic N) is 2. The van der Waals surface area contributed by atoms with Crippen molar-refractivity contribution in [3.8, 4) is 33.6 Å². The van der Waals surface area contributed by atoms with Gasteiger partial charge in [0, 0.05) is 52.0 Å². The van der Waals surface area contributed by atoms with Gasteiger partial charge in [0.25, 0.3) is 0 Å². The highest BCUT2D eigenvalue weighted by atomic mass is 35.5. The van der Waals surface area contributed by atoms with E-state index in [-0.39, 0.29) is 6.04 Å². The van der Waals surface area contributed by atoms with Gasteiger partial charge in [0.1, 0.15) is 6.54 Å². The molecule has 7 aromatic rings. The molecule has 59 heavy (non-hydrogen) atoms. The molecule has 1 aromatic heterocycles. The molecular formula is C55H51Cl2N2+. The maximum Gasteiger partial charge on any atom is 0.213 e. The van der Waals surface area contributed by atoms with Crippen LogP contribution in [0.15, 0.2) is 170 Å². The first kappa shape index (κ1) is 40.1. The number of benzene rings is 6. The van der Waals surface area contributed by atoms with Crippen LogP contribution in [0.5, 0.6) is 0 Å². The Kier molecular flexibility index (Phi) is 12.3. The fourth-order valence-electron chi connectivity index (χ4n) is 8.16. The van der Waals surface area contributed by atoms with E-state index in [2.05, 4.69) is 183 Å².